The summed E-state index contributed by atoms with van der Waals surface area (Å²) in [7, 11) is 1.57. The molecule has 0 bridgehead atoms. The highest BCUT2D eigenvalue weighted by Crippen LogP contribution is 2.09. The minimum absolute atomic E-state index is 0.0106. The van der Waals surface area contributed by atoms with Crippen LogP contribution in [0.5, 0.6) is 0 Å². The van der Waals surface area contributed by atoms with Gasteiger partial charge in [0.25, 0.3) is 5.95 Å². The second-order valence-electron chi connectivity index (χ2n) is 2.24. The Morgan fingerprint density at radius 1 is 1.33 bits per heavy atom. The Bertz CT molecular complexity index is 288. The highest BCUT2D eigenvalue weighted by molar-refractivity contribution is 5.12. The molecule has 0 aliphatic heterocycles. The number of hydrogen-bond acceptors (Lipinski definition) is 2. The van der Waals surface area contributed by atoms with E-state index in [1.165, 1.54) is 0 Å². The maximum atomic E-state index is 12.7. The van der Waals surface area contributed by atoms with E-state index in [1.54, 1.807) is 7.05 Å². The van der Waals surface area contributed by atoms with E-state index in [2.05, 4.69) is 10.3 Å². The second-order valence-corrected chi connectivity index (χ2v) is 2.24. The van der Waals surface area contributed by atoms with Crippen molar-refractivity contribution in [3.8, 4) is 0 Å². The fraction of sp³-hybridized carbons (Fsp3) is 0.286. The Labute approximate surface area is 67.4 Å². The van der Waals surface area contributed by atoms with Gasteiger partial charge in [0, 0.05) is 12.1 Å². The van der Waals surface area contributed by atoms with Crippen molar-refractivity contribution in [2.75, 3.05) is 7.05 Å². The van der Waals surface area contributed by atoms with Crippen LogP contribution in [-0.2, 0) is 6.54 Å². The molecule has 1 aromatic rings. The molecule has 1 heterocycles. The fourth-order valence-corrected chi connectivity index (χ4v) is 0.798. The number of aromatic nitrogens is 1. The number of nitrogens with one attached hydrogen (secondary N) is 1. The molecule has 0 unspecified atom stereocenters. The third-order valence-electron chi connectivity index (χ3n) is 1.33. The molecule has 1 aromatic heterocycles. The van der Waals surface area contributed by atoms with Crippen molar-refractivity contribution in [3.05, 3.63) is 29.3 Å². The molecule has 0 saturated carbocycles. The Kier molecular flexibility index (Phi) is 2.65. The van der Waals surface area contributed by atoms with Gasteiger partial charge in [-0.25, -0.2) is 4.39 Å². The molecule has 5 heteroatoms. The highest BCUT2D eigenvalue weighted by atomic mass is 19.2. The maximum absolute atomic E-state index is 12.7. The Hall–Kier alpha value is -1.10. The third-order valence-corrected chi connectivity index (χ3v) is 1.33. The topological polar surface area (TPSA) is 24.9 Å². The predicted molar refractivity (Wildman–Crippen MR) is 36.9 cm³/mol. The van der Waals surface area contributed by atoms with Crippen LogP contribution in [0, 0.1) is 17.7 Å². The summed E-state index contributed by atoms with van der Waals surface area (Å²) < 4.78 is 37.4. The van der Waals surface area contributed by atoms with Gasteiger partial charge in [-0.1, -0.05) is 0 Å². The third kappa shape index (κ3) is 1.73. The summed E-state index contributed by atoms with van der Waals surface area (Å²) in [4.78, 5) is 2.74. The predicted octanol–water partition coefficient (Wildman–Crippen LogP) is 1.22. The minimum Gasteiger partial charge on any atom is -0.316 e. The van der Waals surface area contributed by atoms with Gasteiger partial charge in [0.05, 0.1) is 0 Å². The smallest absolute Gasteiger partial charge is 0.251 e. The average Bonchev–Trinajstić information content (AvgIpc) is 2.01. The van der Waals surface area contributed by atoms with Gasteiger partial charge < -0.3 is 5.32 Å². The summed E-state index contributed by atoms with van der Waals surface area (Å²) in [5, 5.41) is 2.60. The second kappa shape index (κ2) is 3.53. The summed E-state index contributed by atoms with van der Waals surface area (Å²) in [5.41, 5.74) is 0.0106. The van der Waals surface area contributed by atoms with E-state index in [1.807, 2.05) is 0 Å². The van der Waals surface area contributed by atoms with Crippen LogP contribution in [0.3, 0.4) is 0 Å². The SMILES string of the molecule is CNCc1cc(F)c(F)nc1F. The zero-order chi connectivity index (χ0) is 9.14. The lowest BCUT2D eigenvalue weighted by atomic mass is 10.3. The van der Waals surface area contributed by atoms with Crippen molar-refractivity contribution in [3.63, 3.8) is 0 Å². The van der Waals surface area contributed by atoms with Gasteiger partial charge in [-0.2, -0.15) is 13.8 Å². The standard InChI is InChI=1S/C7H7F3N2/c1-11-3-4-2-5(8)7(10)12-6(4)9/h2,11H,3H2,1H3. The molecule has 66 valence electrons. The molecule has 0 aliphatic rings. The van der Waals surface area contributed by atoms with E-state index in [0.29, 0.717) is 0 Å². The maximum Gasteiger partial charge on any atom is 0.251 e. The van der Waals surface area contributed by atoms with Crippen LogP contribution in [0.15, 0.2) is 6.07 Å². The number of hydrogen-bond donors (Lipinski definition) is 1. The van der Waals surface area contributed by atoms with E-state index in [0.717, 1.165) is 6.07 Å². The molecule has 2 nitrogen and oxygen atoms in total. The largest absolute Gasteiger partial charge is 0.316 e. The Morgan fingerprint density at radius 2 is 2.00 bits per heavy atom. The zero-order valence-electron chi connectivity index (χ0n) is 6.37. The van der Waals surface area contributed by atoms with Gasteiger partial charge >= 0.3 is 0 Å². The van der Waals surface area contributed by atoms with Crippen molar-refractivity contribution >= 4 is 0 Å². The fourth-order valence-electron chi connectivity index (χ4n) is 0.798. The molecule has 0 saturated heterocycles. The molecule has 0 amide bonds. The van der Waals surface area contributed by atoms with E-state index < -0.39 is 17.7 Å². The van der Waals surface area contributed by atoms with Crippen molar-refractivity contribution in [2.45, 2.75) is 6.54 Å². The van der Waals surface area contributed by atoms with Crippen LogP contribution in [0.1, 0.15) is 5.56 Å². The van der Waals surface area contributed by atoms with Crippen LogP contribution in [0.4, 0.5) is 13.2 Å². The lowest BCUT2D eigenvalue weighted by molar-refractivity contribution is 0.439. The summed E-state index contributed by atoms with van der Waals surface area (Å²) in [5.74, 6) is -3.53. The van der Waals surface area contributed by atoms with Gasteiger partial charge in [-0.3, -0.25) is 0 Å². The van der Waals surface area contributed by atoms with Gasteiger partial charge in [0.15, 0.2) is 5.82 Å². The van der Waals surface area contributed by atoms with Crippen LogP contribution in [-0.4, -0.2) is 12.0 Å². The van der Waals surface area contributed by atoms with Crippen LogP contribution in [0.25, 0.3) is 0 Å². The molecule has 0 fully saturated rings. The summed E-state index contributed by atoms with van der Waals surface area (Å²) in [6.45, 7) is 0.121. The Morgan fingerprint density at radius 3 is 2.58 bits per heavy atom. The van der Waals surface area contributed by atoms with Crippen LogP contribution >= 0.6 is 0 Å². The van der Waals surface area contributed by atoms with Crippen LogP contribution in [0.2, 0.25) is 0 Å². The molecule has 0 spiro atoms. The van der Waals surface area contributed by atoms with Crippen molar-refractivity contribution in [1.82, 2.24) is 10.3 Å². The van der Waals surface area contributed by atoms with E-state index in [-0.39, 0.29) is 12.1 Å². The van der Waals surface area contributed by atoms with Crippen molar-refractivity contribution < 1.29 is 13.2 Å². The monoisotopic (exact) mass is 176 g/mol. The van der Waals surface area contributed by atoms with E-state index in [4.69, 9.17) is 0 Å². The van der Waals surface area contributed by atoms with Crippen molar-refractivity contribution in [2.24, 2.45) is 0 Å². The molecular weight excluding hydrogens is 169 g/mol. The highest BCUT2D eigenvalue weighted by Gasteiger charge is 2.09. The lowest BCUT2D eigenvalue weighted by Gasteiger charge is -2.01. The van der Waals surface area contributed by atoms with Gasteiger partial charge in [0.2, 0.25) is 5.95 Å². The van der Waals surface area contributed by atoms with Crippen molar-refractivity contribution in [1.29, 1.82) is 0 Å². The minimum atomic E-state index is -1.41. The number of halogens is 3. The molecular formula is C7H7F3N2. The molecule has 0 radical (unpaired) electrons. The Balaban J connectivity index is 3.05. The number of rotatable bonds is 2. The first-order valence-electron chi connectivity index (χ1n) is 3.30. The molecule has 1 rings (SSSR count). The molecule has 1 N–H and O–H groups in total. The normalized spacial score (nSPS) is 10.3. The molecule has 0 atom stereocenters. The first kappa shape index (κ1) is 8.99. The summed E-state index contributed by atoms with van der Waals surface area (Å²) in [6.07, 6.45) is 0. The lowest BCUT2D eigenvalue weighted by Crippen LogP contribution is -2.09. The first-order chi connectivity index (χ1) is 5.65. The summed E-state index contributed by atoms with van der Waals surface area (Å²) >= 11 is 0. The average molecular weight is 176 g/mol. The van der Waals surface area contributed by atoms with Crippen LogP contribution < -0.4 is 5.32 Å². The first-order valence-corrected chi connectivity index (χ1v) is 3.30. The molecule has 0 aliphatic carbocycles. The van der Waals surface area contributed by atoms with E-state index in [9.17, 15) is 13.2 Å². The van der Waals surface area contributed by atoms with Gasteiger partial charge in [0.1, 0.15) is 0 Å². The molecule has 12 heavy (non-hydrogen) atoms. The molecule has 0 aromatic carbocycles. The van der Waals surface area contributed by atoms with Gasteiger partial charge in [-0.15, -0.1) is 0 Å². The number of pyridine rings is 1. The number of nitrogens with zero attached hydrogens (tertiary/aromatic N) is 1. The zero-order valence-corrected chi connectivity index (χ0v) is 6.37. The van der Waals surface area contributed by atoms with E-state index >= 15 is 0 Å². The van der Waals surface area contributed by atoms with Gasteiger partial charge in [-0.05, 0) is 13.1 Å². The quantitative estimate of drug-likeness (QED) is 0.685. The summed E-state index contributed by atoms with van der Waals surface area (Å²) in [6, 6.07) is 0.786.